The number of likely N-dealkylation sites (tertiary alicyclic amines) is 1. The third-order valence-corrected chi connectivity index (χ3v) is 3.71. The standard InChI is InChI=1S/C14H18FNO2/c15-11-3-4-14-10(6-11)7-13(18-14)9-16-5-1-2-12(17)8-16/h3-4,6,12-13,17H,1-2,5,7-9H2/t12-,13?/m0/s1. The van der Waals surface area contributed by atoms with Gasteiger partial charge >= 0.3 is 0 Å². The van der Waals surface area contributed by atoms with Crippen LogP contribution >= 0.6 is 0 Å². The summed E-state index contributed by atoms with van der Waals surface area (Å²) < 4.78 is 18.9. The van der Waals surface area contributed by atoms with Gasteiger partial charge in [0.05, 0.1) is 6.10 Å². The Kier molecular flexibility index (Phi) is 3.22. The van der Waals surface area contributed by atoms with Gasteiger partial charge in [-0.1, -0.05) is 0 Å². The molecule has 1 unspecified atom stereocenters. The highest BCUT2D eigenvalue weighted by Gasteiger charge is 2.27. The number of piperidine rings is 1. The summed E-state index contributed by atoms with van der Waals surface area (Å²) in [4.78, 5) is 2.24. The highest BCUT2D eigenvalue weighted by molar-refractivity contribution is 5.37. The van der Waals surface area contributed by atoms with Crippen LogP contribution < -0.4 is 4.74 Å². The Labute approximate surface area is 106 Å². The van der Waals surface area contributed by atoms with E-state index >= 15 is 0 Å². The fourth-order valence-electron chi connectivity index (χ4n) is 2.88. The molecule has 3 nitrogen and oxygen atoms in total. The first-order valence-electron chi connectivity index (χ1n) is 6.56. The smallest absolute Gasteiger partial charge is 0.123 e. The van der Waals surface area contributed by atoms with E-state index in [1.807, 2.05) is 0 Å². The van der Waals surface area contributed by atoms with E-state index in [1.54, 1.807) is 12.1 Å². The van der Waals surface area contributed by atoms with E-state index in [0.29, 0.717) is 0 Å². The van der Waals surface area contributed by atoms with Crippen molar-refractivity contribution >= 4 is 0 Å². The van der Waals surface area contributed by atoms with Crippen molar-refractivity contribution in [3.05, 3.63) is 29.6 Å². The SMILES string of the molecule is O[C@H]1CCCN(CC2Cc3cc(F)ccc3O2)C1. The van der Waals surface area contributed by atoms with Crippen LogP contribution in [0.1, 0.15) is 18.4 Å². The van der Waals surface area contributed by atoms with Gasteiger partial charge in [0.1, 0.15) is 17.7 Å². The first kappa shape index (κ1) is 11.9. The molecule has 2 aliphatic heterocycles. The number of β-amino-alcohol motifs (C(OH)–C–C–N with tert-alkyl or cyclic N) is 1. The lowest BCUT2D eigenvalue weighted by Crippen LogP contribution is -2.43. The van der Waals surface area contributed by atoms with Crippen molar-refractivity contribution in [2.24, 2.45) is 0 Å². The van der Waals surface area contributed by atoms with Crippen LogP contribution in [0.25, 0.3) is 0 Å². The van der Waals surface area contributed by atoms with Crippen LogP contribution in [0.3, 0.4) is 0 Å². The van der Waals surface area contributed by atoms with E-state index in [-0.39, 0.29) is 18.0 Å². The van der Waals surface area contributed by atoms with E-state index in [0.717, 1.165) is 50.2 Å². The quantitative estimate of drug-likeness (QED) is 0.866. The van der Waals surface area contributed by atoms with Crippen LogP contribution in [0.5, 0.6) is 5.75 Å². The summed E-state index contributed by atoms with van der Waals surface area (Å²) in [6, 6.07) is 4.70. The van der Waals surface area contributed by atoms with Gasteiger partial charge in [0.25, 0.3) is 0 Å². The third kappa shape index (κ3) is 2.49. The minimum absolute atomic E-state index is 0.0899. The first-order chi connectivity index (χ1) is 8.70. The second kappa shape index (κ2) is 4.86. The summed E-state index contributed by atoms with van der Waals surface area (Å²) in [5.74, 6) is 0.602. The van der Waals surface area contributed by atoms with Gasteiger partial charge in [-0.15, -0.1) is 0 Å². The molecule has 1 saturated heterocycles. The Balaban J connectivity index is 1.60. The van der Waals surface area contributed by atoms with Gasteiger partial charge in [-0.2, -0.15) is 0 Å². The molecule has 0 saturated carbocycles. The molecule has 18 heavy (non-hydrogen) atoms. The fraction of sp³-hybridized carbons (Fsp3) is 0.571. The largest absolute Gasteiger partial charge is 0.488 e. The van der Waals surface area contributed by atoms with Crippen LogP contribution in [-0.2, 0) is 6.42 Å². The number of ether oxygens (including phenoxy) is 1. The second-order valence-corrected chi connectivity index (χ2v) is 5.25. The van der Waals surface area contributed by atoms with E-state index in [4.69, 9.17) is 4.74 Å². The van der Waals surface area contributed by atoms with E-state index in [2.05, 4.69) is 4.90 Å². The highest BCUT2D eigenvalue weighted by Crippen LogP contribution is 2.29. The van der Waals surface area contributed by atoms with Crippen molar-refractivity contribution in [1.29, 1.82) is 0 Å². The Morgan fingerprint density at radius 1 is 1.44 bits per heavy atom. The number of aliphatic hydroxyl groups is 1. The van der Waals surface area contributed by atoms with Gasteiger partial charge in [-0.25, -0.2) is 4.39 Å². The molecule has 2 heterocycles. The van der Waals surface area contributed by atoms with Gasteiger partial charge < -0.3 is 9.84 Å². The average molecular weight is 251 g/mol. The Hall–Kier alpha value is -1.13. The minimum atomic E-state index is -0.208. The lowest BCUT2D eigenvalue weighted by Gasteiger charge is -2.31. The predicted molar refractivity (Wildman–Crippen MR) is 66.2 cm³/mol. The molecule has 3 rings (SSSR count). The maximum Gasteiger partial charge on any atom is 0.123 e. The number of benzene rings is 1. The summed E-state index contributed by atoms with van der Waals surface area (Å²) >= 11 is 0. The molecule has 2 aliphatic rings. The van der Waals surface area contributed by atoms with Gasteiger partial charge in [0, 0.05) is 25.1 Å². The predicted octanol–water partition coefficient (Wildman–Crippen LogP) is 1.59. The Morgan fingerprint density at radius 3 is 3.17 bits per heavy atom. The van der Waals surface area contributed by atoms with E-state index in [1.165, 1.54) is 6.07 Å². The summed E-state index contributed by atoms with van der Waals surface area (Å²) in [7, 11) is 0. The Bertz CT molecular complexity index is 438. The normalized spacial score (nSPS) is 27.9. The average Bonchev–Trinajstić information content (AvgIpc) is 2.70. The summed E-state index contributed by atoms with van der Waals surface area (Å²) in [6.07, 6.45) is 2.58. The molecular weight excluding hydrogens is 233 g/mol. The number of rotatable bonds is 2. The molecule has 1 N–H and O–H groups in total. The monoisotopic (exact) mass is 251 g/mol. The van der Waals surface area contributed by atoms with Crippen molar-refractivity contribution in [2.75, 3.05) is 19.6 Å². The number of halogens is 1. The van der Waals surface area contributed by atoms with Gasteiger partial charge in [0.2, 0.25) is 0 Å². The molecule has 0 aliphatic carbocycles. The second-order valence-electron chi connectivity index (χ2n) is 5.25. The van der Waals surface area contributed by atoms with E-state index < -0.39 is 0 Å². The number of nitrogens with zero attached hydrogens (tertiary/aromatic N) is 1. The molecule has 1 fully saturated rings. The van der Waals surface area contributed by atoms with Gasteiger partial charge in [-0.05, 0) is 37.6 Å². The van der Waals surface area contributed by atoms with Crippen molar-refractivity contribution in [3.63, 3.8) is 0 Å². The number of hydrogen-bond acceptors (Lipinski definition) is 3. The maximum absolute atomic E-state index is 13.1. The minimum Gasteiger partial charge on any atom is -0.488 e. The van der Waals surface area contributed by atoms with Crippen molar-refractivity contribution in [1.82, 2.24) is 4.90 Å². The summed E-state index contributed by atoms with van der Waals surface area (Å²) in [6.45, 7) is 2.56. The first-order valence-corrected chi connectivity index (χ1v) is 6.56. The Morgan fingerprint density at radius 2 is 2.33 bits per heavy atom. The molecule has 4 heteroatoms. The number of hydrogen-bond donors (Lipinski definition) is 1. The molecular formula is C14H18FNO2. The lowest BCUT2D eigenvalue weighted by atomic mass is 10.1. The zero-order chi connectivity index (χ0) is 12.5. The summed E-state index contributed by atoms with van der Waals surface area (Å²) in [5, 5.41) is 9.63. The number of aliphatic hydroxyl groups excluding tert-OH is 1. The maximum atomic E-state index is 13.1. The van der Waals surface area contributed by atoms with Crippen molar-refractivity contribution in [3.8, 4) is 5.75 Å². The fourth-order valence-corrected chi connectivity index (χ4v) is 2.88. The zero-order valence-electron chi connectivity index (χ0n) is 10.3. The van der Waals surface area contributed by atoms with Crippen molar-refractivity contribution < 1.29 is 14.2 Å². The molecule has 0 aromatic heterocycles. The van der Waals surface area contributed by atoms with Crippen molar-refractivity contribution in [2.45, 2.75) is 31.5 Å². The van der Waals surface area contributed by atoms with E-state index in [9.17, 15) is 9.50 Å². The molecule has 0 spiro atoms. The molecule has 0 bridgehead atoms. The molecule has 98 valence electrons. The van der Waals surface area contributed by atoms with Gasteiger partial charge in [-0.3, -0.25) is 4.90 Å². The highest BCUT2D eigenvalue weighted by atomic mass is 19.1. The molecule has 0 radical (unpaired) electrons. The van der Waals surface area contributed by atoms with Crippen LogP contribution in [0.15, 0.2) is 18.2 Å². The van der Waals surface area contributed by atoms with Crippen LogP contribution in [0, 0.1) is 5.82 Å². The molecule has 1 aromatic carbocycles. The summed E-state index contributed by atoms with van der Waals surface area (Å²) in [5.41, 5.74) is 0.956. The number of fused-ring (bicyclic) bond motifs is 1. The molecule has 1 aromatic rings. The topological polar surface area (TPSA) is 32.7 Å². The van der Waals surface area contributed by atoms with Crippen LogP contribution in [0.4, 0.5) is 4.39 Å². The van der Waals surface area contributed by atoms with Gasteiger partial charge in [0.15, 0.2) is 0 Å². The third-order valence-electron chi connectivity index (χ3n) is 3.71. The van der Waals surface area contributed by atoms with Crippen LogP contribution in [0.2, 0.25) is 0 Å². The molecule has 0 amide bonds. The zero-order valence-corrected chi connectivity index (χ0v) is 10.3. The molecule has 2 atom stereocenters. The van der Waals surface area contributed by atoms with Crippen LogP contribution in [-0.4, -0.2) is 41.8 Å². The lowest BCUT2D eigenvalue weighted by molar-refractivity contribution is 0.0502.